The molecule has 2 fully saturated rings. The van der Waals surface area contributed by atoms with E-state index in [9.17, 15) is 19.5 Å². The molecule has 1 spiro atoms. The number of nitrogens with zero attached hydrogens (tertiary/aromatic N) is 3. The predicted octanol–water partition coefficient (Wildman–Crippen LogP) is 1.28. The Labute approximate surface area is 188 Å². The number of aliphatic hydroxyl groups excluding tert-OH is 1. The summed E-state index contributed by atoms with van der Waals surface area (Å²) in [5.41, 5.74) is 0. The molecule has 0 aromatic rings. The number of carbonyl (C=O) groups excluding carboxylic acids is 3. The van der Waals surface area contributed by atoms with Crippen molar-refractivity contribution in [2.45, 2.75) is 48.6 Å². The number of fused-ring (bicyclic) bond motifs is 2. The van der Waals surface area contributed by atoms with Gasteiger partial charge in [0.05, 0.1) is 16.6 Å². The highest BCUT2D eigenvalue weighted by Crippen LogP contribution is 2.60. The molecule has 0 radical (unpaired) electrons. The molecule has 4 heterocycles. The zero-order chi connectivity index (χ0) is 22.2. The predicted molar refractivity (Wildman–Crippen MR) is 120 cm³/mol. The molecule has 5 atom stereocenters. The van der Waals surface area contributed by atoms with Crippen molar-refractivity contribution in [2.24, 2.45) is 11.8 Å². The second kappa shape index (κ2) is 8.98. The van der Waals surface area contributed by atoms with Crippen molar-refractivity contribution in [3.05, 3.63) is 24.3 Å². The van der Waals surface area contributed by atoms with E-state index in [-0.39, 0.29) is 29.6 Å². The number of hydrogen-bond donors (Lipinski definition) is 1. The Morgan fingerprint density at radius 1 is 1.06 bits per heavy atom. The van der Waals surface area contributed by atoms with Crippen molar-refractivity contribution in [1.29, 1.82) is 0 Å². The van der Waals surface area contributed by atoms with Gasteiger partial charge in [0.25, 0.3) is 0 Å². The number of likely N-dealkylation sites (N-methyl/N-ethyl adjacent to an activating group) is 1. The summed E-state index contributed by atoms with van der Waals surface area (Å²) in [4.78, 5) is 46.0. The molecule has 0 aromatic heterocycles. The number of aliphatic hydroxyl groups is 1. The van der Waals surface area contributed by atoms with Crippen LogP contribution in [0.25, 0.3) is 0 Å². The van der Waals surface area contributed by atoms with Crippen LogP contribution in [-0.2, 0) is 14.4 Å². The first-order chi connectivity index (χ1) is 15.0. The molecule has 0 aliphatic carbocycles. The van der Waals surface area contributed by atoms with Gasteiger partial charge in [-0.3, -0.25) is 14.4 Å². The lowest BCUT2D eigenvalue weighted by atomic mass is 9.78. The van der Waals surface area contributed by atoms with Crippen molar-refractivity contribution >= 4 is 29.5 Å². The van der Waals surface area contributed by atoms with Gasteiger partial charge in [-0.05, 0) is 12.8 Å². The van der Waals surface area contributed by atoms with E-state index in [0.29, 0.717) is 32.6 Å². The van der Waals surface area contributed by atoms with Crippen molar-refractivity contribution in [2.75, 3.05) is 39.8 Å². The van der Waals surface area contributed by atoms with E-state index in [2.05, 4.69) is 19.1 Å². The summed E-state index contributed by atoms with van der Waals surface area (Å²) >= 11 is 1.61. The number of rotatable bonds is 7. The van der Waals surface area contributed by atoms with Crippen LogP contribution in [0.15, 0.2) is 24.3 Å². The molecule has 4 rings (SSSR count). The van der Waals surface area contributed by atoms with Gasteiger partial charge < -0.3 is 19.8 Å². The molecule has 31 heavy (non-hydrogen) atoms. The average Bonchev–Trinajstić information content (AvgIpc) is 3.08. The lowest BCUT2D eigenvalue weighted by molar-refractivity contribution is -0.144. The molecule has 170 valence electrons. The highest BCUT2D eigenvalue weighted by atomic mass is 32.2. The fourth-order valence-electron chi connectivity index (χ4n) is 5.54. The fraction of sp³-hybridized carbons (Fsp3) is 0.696. The fourth-order valence-corrected chi connectivity index (χ4v) is 7.55. The van der Waals surface area contributed by atoms with Crippen LogP contribution in [0.1, 0.15) is 32.6 Å². The van der Waals surface area contributed by atoms with E-state index >= 15 is 0 Å². The zero-order valence-corrected chi connectivity index (χ0v) is 19.2. The molecule has 0 bridgehead atoms. The van der Waals surface area contributed by atoms with Gasteiger partial charge in [-0.15, -0.1) is 11.8 Å². The van der Waals surface area contributed by atoms with Crippen LogP contribution in [0.5, 0.6) is 0 Å². The summed E-state index contributed by atoms with van der Waals surface area (Å²) in [5, 5.41) is 9.29. The van der Waals surface area contributed by atoms with Gasteiger partial charge >= 0.3 is 0 Å². The quantitative estimate of drug-likeness (QED) is 0.470. The molecule has 0 saturated carbocycles. The van der Waals surface area contributed by atoms with Crippen LogP contribution in [0, 0.1) is 11.8 Å². The first kappa shape index (κ1) is 22.4. The maximum Gasteiger partial charge on any atom is 0.247 e. The van der Waals surface area contributed by atoms with Crippen LogP contribution >= 0.6 is 11.8 Å². The minimum absolute atomic E-state index is 0.0228. The Morgan fingerprint density at radius 3 is 2.61 bits per heavy atom. The molecule has 2 saturated heterocycles. The smallest absolute Gasteiger partial charge is 0.247 e. The SMILES string of the molecule is CCCCCN1CC=C[C@]23S[C@@H]4C=CCN(C)C(=O)[C@@H]4[C@H]2C(=O)N(CCCO)C3C1=O. The monoisotopic (exact) mass is 447 g/mol. The van der Waals surface area contributed by atoms with Gasteiger partial charge in [-0.25, -0.2) is 0 Å². The molecule has 0 aromatic carbocycles. The molecule has 3 amide bonds. The zero-order valence-electron chi connectivity index (χ0n) is 18.4. The third kappa shape index (κ3) is 3.61. The lowest BCUT2D eigenvalue weighted by Crippen LogP contribution is -2.53. The van der Waals surface area contributed by atoms with Crippen molar-refractivity contribution < 1.29 is 19.5 Å². The summed E-state index contributed by atoms with van der Waals surface area (Å²) in [6.07, 6.45) is 11.6. The van der Waals surface area contributed by atoms with Crippen LogP contribution in [0.2, 0.25) is 0 Å². The number of amides is 3. The van der Waals surface area contributed by atoms with E-state index < -0.39 is 22.6 Å². The minimum Gasteiger partial charge on any atom is -0.396 e. The first-order valence-corrected chi connectivity index (χ1v) is 12.3. The summed E-state index contributed by atoms with van der Waals surface area (Å²) in [6, 6.07) is -0.625. The number of hydrogen-bond acceptors (Lipinski definition) is 5. The molecule has 4 aliphatic heterocycles. The molecular formula is C23H33N3O4S. The normalized spacial score (nSPS) is 34.7. The third-order valence-corrected chi connectivity index (χ3v) is 8.78. The second-order valence-corrected chi connectivity index (χ2v) is 10.5. The van der Waals surface area contributed by atoms with E-state index in [1.165, 1.54) is 0 Å². The highest BCUT2D eigenvalue weighted by Gasteiger charge is 2.70. The number of thioether (sulfide) groups is 1. The van der Waals surface area contributed by atoms with Crippen LogP contribution < -0.4 is 0 Å². The van der Waals surface area contributed by atoms with Crippen LogP contribution in [-0.4, -0.2) is 93.4 Å². The summed E-state index contributed by atoms with van der Waals surface area (Å²) in [5.74, 6) is -1.19. The van der Waals surface area contributed by atoms with Crippen molar-refractivity contribution in [3.8, 4) is 0 Å². The van der Waals surface area contributed by atoms with E-state index in [0.717, 1.165) is 19.3 Å². The molecular weight excluding hydrogens is 414 g/mol. The number of likely N-dealkylation sites (tertiary alicyclic amines) is 1. The van der Waals surface area contributed by atoms with E-state index in [1.54, 1.807) is 28.6 Å². The Bertz CT molecular complexity index is 800. The van der Waals surface area contributed by atoms with Gasteiger partial charge in [-0.2, -0.15) is 0 Å². The van der Waals surface area contributed by atoms with Crippen molar-refractivity contribution in [3.63, 3.8) is 0 Å². The number of carbonyl (C=O) groups is 3. The minimum atomic E-state index is -0.739. The van der Waals surface area contributed by atoms with Gasteiger partial charge in [0.1, 0.15) is 6.04 Å². The molecule has 4 aliphatic rings. The van der Waals surface area contributed by atoms with Gasteiger partial charge in [0.2, 0.25) is 17.7 Å². The molecule has 1 unspecified atom stereocenters. The average molecular weight is 448 g/mol. The Hall–Kier alpha value is -1.80. The van der Waals surface area contributed by atoms with E-state index in [1.807, 2.05) is 17.1 Å². The largest absolute Gasteiger partial charge is 0.396 e. The Balaban J connectivity index is 1.74. The maximum absolute atomic E-state index is 13.8. The third-order valence-electron chi connectivity index (χ3n) is 7.03. The van der Waals surface area contributed by atoms with Crippen LogP contribution in [0.4, 0.5) is 0 Å². The molecule has 7 nitrogen and oxygen atoms in total. The highest BCUT2D eigenvalue weighted by molar-refractivity contribution is 8.02. The van der Waals surface area contributed by atoms with Gasteiger partial charge in [0, 0.05) is 45.1 Å². The first-order valence-electron chi connectivity index (χ1n) is 11.4. The van der Waals surface area contributed by atoms with Gasteiger partial charge in [-0.1, -0.05) is 44.1 Å². The lowest BCUT2D eigenvalue weighted by Gasteiger charge is -2.35. The molecule has 1 N–H and O–H groups in total. The second-order valence-electron chi connectivity index (χ2n) is 8.99. The Kier molecular flexibility index (Phi) is 6.49. The van der Waals surface area contributed by atoms with Crippen molar-refractivity contribution in [1.82, 2.24) is 14.7 Å². The molecule has 8 heteroatoms. The Morgan fingerprint density at radius 2 is 1.87 bits per heavy atom. The summed E-state index contributed by atoms with van der Waals surface area (Å²) in [6.45, 7) is 4.18. The van der Waals surface area contributed by atoms with Crippen LogP contribution in [0.3, 0.4) is 0 Å². The van der Waals surface area contributed by atoms with Gasteiger partial charge in [0.15, 0.2) is 0 Å². The maximum atomic E-state index is 13.8. The number of unbranched alkanes of at least 4 members (excludes halogenated alkanes) is 2. The van der Waals surface area contributed by atoms with E-state index in [4.69, 9.17) is 0 Å². The standard InChI is InChI=1S/C23H33N3O4S/c1-3-4-5-12-25-13-7-10-23-18(17-16(31-23)9-6-11-24(2)20(17)28)21(29)26(14-8-15-27)19(23)22(25)30/h6-7,9-10,16-19,27H,3-5,8,11-15H2,1-2H3/t16-,17+,18+,19?,23+/m1/s1. The summed E-state index contributed by atoms with van der Waals surface area (Å²) < 4.78 is -0.739. The topological polar surface area (TPSA) is 81.2 Å². The summed E-state index contributed by atoms with van der Waals surface area (Å²) in [7, 11) is 1.77.